The van der Waals surface area contributed by atoms with Crippen LogP contribution in [0, 0.1) is 0 Å². The number of nitrogens with zero attached hydrogens (tertiary/aromatic N) is 1. The largest absolute Gasteiger partial charge is 0.398 e. The number of hydrogen-bond acceptors (Lipinski definition) is 3. The van der Waals surface area contributed by atoms with Crippen molar-refractivity contribution >= 4 is 23.4 Å². The third-order valence-corrected chi connectivity index (χ3v) is 4.76. The summed E-state index contributed by atoms with van der Waals surface area (Å²) in [5.74, 6) is 0.679. The standard InChI is InChI=1S/C17H18N2OS/c18-16-8-4-5-13-11-19(10-9-15(13)16)17(20)12-21-14-6-2-1-3-7-14/h1-8H,9-12,18H2. The molecule has 0 unspecified atom stereocenters. The number of carbonyl (C=O) groups is 1. The Morgan fingerprint density at radius 1 is 1.14 bits per heavy atom. The molecule has 3 nitrogen and oxygen atoms in total. The lowest BCUT2D eigenvalue weighted by atomic mass is 9.98. The van der Waals surface area contributed by atoms with Crippen LogP contribution in [-0.4, -0.2) is 23.1 Å². The predicted octanol–water partition coefficient (Wildman–Crippen LogP) is 2.95. The number of carbonyl (C=O) groups excluding carboxylic acids is 1. The maximum Gasteiger partial charge on any atom is 0.233 e. The van der Waals surface area contributed by atoms with Crippen LogP contribution in [-0.2, 0) is 17.8 Å². The van der Waals surface area contributed by atoms with Crippen LogP contribution in [0.3, 0.4) is 0 Å². The molecule has 1 aliphatic heterocycles. The Morgan fingerprint density at radius 3 is 2.76 bits per heavy atom. The molecule has 4 heteroatoms. The molecule has 2 aromatic carbocycles. The predicted molar refractivity (Wildman–Crippen MR) is 87.1 cm³/mol. The maximum atomic E-state index is 12.3. The number of fused-ring (bicyclic) bond motifs is 1. The summed E-state index contributed by atoms with van der Waals surface area (Å²) in [6, 6.07) is 16.0. The Kier molecular flexibility index (Phi) is 4.15. The Hall–Kier alpha value is -1.94. The molecule has 1 aliphatic rings. The zero-order valence-corrected chi connectivity index (χ0v) is 12.6. The summed E-state index contributed by atoms with van der Waals surface area (Å²) in [7, 11) is 0. The summed E-state index contributed by atoms with van der Waals surface area (Å²) in [6.07, 6.45) is 0.851. The van der Waals surface area contributed by atoms with Gasteiger partial charge in [-0.1, -0.05) is 30.3 Å². The second-order valence-electron chi connectivity index (χ2n) is 5.15. The molecule has 0 radical (unpaired) electrons. The van der Waals surface area contributed by atoms with Crippen LogP contribution < -0.4 is 5.73 Å². The monoisotopic (exact) mass is 298 g/mol. The van der Waals surface area contributed by atoms with Crippen molar-refractivity contribution in [1.29, 1.82) is 0 Å². The number of rotatable bonds is 3. The number of thioether (sulfide) groups is 1. The van der Waals surface area contributed by atoms with Gasteiger partial charge in [0, 0.05) is 23.7 Å². The lowest BCUT2D eigenvalue weighted by Crippen LogP contribution is -2.37. The van der Waals surface area contributed by atoms with Crippen LogP contribution in [0.15, 0.2) is 53.4 Å². The summed E-state index contributed by atoms with van der Waals surface area (Å²) >= 11 is 1.59. The van der Waals surface area contributed by atoms with Crippen molar-refractivity contribution in [3.8, 4) is 0 Å². The highest BCUT2D eigenvalue weighted by molar-refractivity contribution is 8.00. The van der Waals surface area contributed by atoms with E-state index in [0.717, 1.165) is 23.5 Å². The van der Waals surface area contributed by atoms with Gasteiger partial charge in [0.15, 0.2) is 0 Å². The first kappa shape index (κ1) is 14.0. The highest BCUT2D eigenvalue weighted by Gasteiger charge is 2.21. The Bertz CT molecular complexity index is 642. The lowest BCUT2D eigenvalue weighted by molar-refractivity contribution is -0.129. The Balaban J connectivity index is 1.62. The molecular formula is C17H18N2OS. The molecule has 2 N–H and O–H groups in total. The molecule has 3 rings (SSSR count). The van der Waals surface area contributed by atoms with Crippen molar-refractivity contribution in [2.45, 2.75) is 17.9 Å². The highest BCUT2D eigenvalue weighted by atomic mass is 32.2. The molecule has 21 heavy (non-hydrogen) atoms. The summed E-state index contributed by atoms with van der Waals surface area (Å²) in [4.78, 5) is 15.4. The molecule has 0 bridgehead atoms. The van der Waals surface area contributed by atoms with E-state index in [1.165, 1.54) is 11.1 Å². The SMILES string of the molecule is Nc1cccc2c1CCN(C(=O)CSc1ccccc1)C2. The molecule has 108 valence electrons. The van der Waals surface area contributed by atoms with E-state index >= 15 is 0 Å². The fourth-order valence-corrected chi connectivity index (χ4v) is 3.43. The van der Waals surface area contributed by atoms with Crippen LogP contribution in [0.5, 0.6) is 0 Å². The fourth-order valence-electron chi connectivity index (χ4n) is 2.60. The van der Waals surface area contributed by atoms with Gasteiger partial charge >= 0.3 is 0 Å². The minimum absolute atomic E-state index is 0.192. The zero-order chi connectivity index (χ0) is 14.7. The summed E-state index contributed by atoms with van der Waals surface area (Å²) in [6.45, 7) is 1.43. The van der Waals surface area contributed by atoms with Gasteiger partial charge in [-0.25, -0.2) is 0 Å². The average molecular weight is 298 g/mol. The van der Waals surface area contributed by atoms with Gasteiger partial charge < -0.3 is 10.6 Å². The third-order valence-electron chi connectivity index (χ3n) is 3.76. The first-order valence-electron chi connectivity index (χ1n) is 7.06. The summed E-state index contributed by atoms with van der Waals surface area (Å²) in [5, 5.41) is 0. The van der Waals surface area contributed by atoms with Crippen LogP contribution in [0.2, 0.25) is 0 Å². The van der Waals surface area contributed by atoms with Gasteiger partial charge in [-0.05, 0) is 35.7 Å². The van der Waals surface area contributed by atoms with Gasteiger partial charge in [0.1, 0.15) is 0 Å². The maximum absolute atomic E-state index is 12.3. The molecule has 0 fully saturated rings. The van der Waals surface area contributed by atoms with Crippen molar-refractivity contribution in [3.63, 3.8) is 0 Å². The van der Waals surface area contributed by atoms with Gasteiger partial charge in [0.05, 0.1) is 5.75 Å². The van der Waals surface area contributed by atoms with Gasteiger partial charge in [-0.2, -0.15) is 0 Å². The lowest BCUT2D eigenvalue weighted by Gasteiger charge is -2.29. The Labute approximate surface area is 129 Å². The normalized spacial score (nSPS) is 13.8. The smallest absolute Gasteiger partial charge is 0.233 e. The molecule has 0 aromatic heterocycles. The second kappa shape index (κ2) is 6.22. The van der Waals surface area contributed by atoms with E-state index < -0.39 is 0 Å². The van der Waals surface area contributed by atoms with E-state index in [1.807, 2.05) is 47.4 Å². The van der Waals surface area contributed by atoms with E-state index in [4.69, 9.17) is 5.73 Å². The quantitative estimate of drug-likeness (QED) is 0.700. The van der Waals surface area contributed by atoms with Crippen molar-refractivity contribution < 1.29 is 4.79 Å². The number of anilines is 1. The number of benzene rings is 2. The van der Waals surface area contributed by atoms with E-state index in [0.29, 0.717) is 12.3 Å². The van der Waals surface area contributed by atoms with E-state index in [9.17, 15) is 4.79 Å². The van der Waals surface area contributed by atoms with Crippen LogP contribution in [0.1, 0.15) is 11.1 Å². The Morgan fingerprint density at radius 2 is 1.95 bits per heavy atom. The molecule has 0 saturated heterocycles. The van der Waals surface area contributed by atoms with Crippen molar-refractivity contribution in [3.05, 3.63) is 59.7 Å². The van der Waals surface area contributed by atoms with Crippen LogP contribution in [0.4, 0.5) is 5.69 Å². The first-order chi connectivity index (χ1) is 10.2. The minimum Gasteiger partial charge on any atom is -0.398 e. The molecular weight excluding hydrogens is 280 g/mol. The third kappa shape index (κ3) is 3.22. The number of nitrogen functional groups attached to an aromatic ring is 1. The molecule has 0 spiro atoms. The van der Waals surface area contributed by atoms with E-state index in [1.54, 1.807) is 11.8 Å². The molecule has 2 aromatic rings. The number of nitrogens with two attached hydrogens (primary N) is 1. The van der Waals surface area contributed by atoms with E-state index in [2.05, 4.69) is 6.07 Å². The van der Waals surface area contributed by atoms with Crippen molar-refractivity contribution in [1.82, 2.24) is 4.90 Å². The molecule has 1 heterocycles. The summed E-state index contributed by atoms with van der Waals surface area (Å²) in [5.41, 5.74) is 9.22. The summed E-state index contributed by atoms with van der Waals surface area (Å²) < 4.78 is 0. The topological polar surface area (TPSA) is 46.3 Å². The molecule has 0 aliphatic carbocycles. The van der Waals surface area contributed by atoms with E-state index in [-0.39, 0.29) is 5.91 Å². The van der Waals surface area contributed by atoms with Gasteiger partial charge in [-0.15, -0.1) is 11.8 Å². The van der Waals surface area contributed by atoms with Crippen LogP contribution >= 0.6 is 11.8 Å². The molecule has 1 amide bonds. The number of hydrogen-bond donors (Lipinski definition) is 1. The second-order valence-corrected chi connectivity index (χ2v) is 6.20. The number of amides is 1. The highest BCUT2D eigenvalue weighted by Crippen LogP contribution is 2.25. The fraction of sp³-hybridized carbons (Fsp3) is 0.235. The van der Waals surface area contributed by atoms with Crippen molar-refractivity contribution in [2.24, 2.45) is 0 Å². The minimum atomic E-state index is 0.192. The van der Waals surface area contributed by atoms with Gasteiger partial charge in [0.2, 0.25) is 5.91 Å². The molecule has 0 atom stereocenters. The molecule has 0 saturated carbocycles. The first-order valence-corrected chi connectivity index (χ1v) is 8.04. The van der Waals surface area contributed by atoms with Crippen molar-refractivity contribution in [2.75, 3.05) is 18.0 Å². The van der Waals surface area contributed by atoms with Gasteiger partial charge in [-0.3, -0.25) is 4.79 Å². The average Bonchev–Trinajstić information content (AvgIpc) is 2.53. The van der Waals surface area contributed by atoms with Gasteiger partial charge in [0.25, 0.3) is 0 Å². The van der Waals surface area contributed by atoms with Crippen LogP contribution in [0.25, 0.3) is 0 Å². The zero-order valence-electron chi connectivity index (χ0n) is 11.8.